The van der Waals surface area contributed by atoms with Gasteiger partial charge in [-0.15, -0.1) is 5.10 Å². The number of nitrogens with zero attached hydrogens (tertiary/aromatic N) is 5. The number of imidazole rings is 1. The van der Waals surface area contributed by atoms with Gasteiger partial charge in [0.2, 0.25) is 0 Å². The van der Waals surface area contributed by atoms with Gasteiger partial charge in [-0.2, -0.15) is 0 Å². The Morgan fingerprint density at radius 2 is 1.76 bits per heavy atom. The lowest BCUT2D eigenvalue weighted by Crippen LogP contribution is -2.18. The number of aliphatic hydroxyl groups is 1. The molecule has 0 spiro atoms. The molecule has 7 heteroatoms. The summed E-state index contributed by atoms with van der Waals surface area (Å²) in [5, 5.41) is 25.1. The molecule has 4 rings (SSSR count). The van der Waals surface area contributed by atoms with E-state index in [0.717, 1.165) is 54.0 Å². The fraction of sp³-hybridized carbons (Fsp3) is 0.385. The molecule has 0 bridgehead atoms. The van der Waals surface area contributed by atoms with Gasteiger partial charge in [-0.25, -0.2) is 10.1 Å². The first-order chi connectivity index (χ1) is 15.9. The molecule has 2 aromatic heterocycles. The summed E-state index contributed by atoms with van der Waals surface area (Å²) in [6.07, 6.45) is 4.52. The molecule has 0 radical (unpaired) electrons. The first-order valence-corrected chi connectivity index (χ1v) is 11.5. The van der Waals surface area contributed by atoms with Crippen LogP contribution in [-0.4, -0.2) is 35.3 Å². The first-order valence-electron chi connectivity index (χ1n) is 11.5. The SMILES string of the molecule is CCCCc1nc(C(O)C(C)(C)C)cn1Cc1ccc(-c2ccccc2-c2nnn[nH]2)cc1. The van der Waals surface area contributed by atoms with Crippen LogP contribution >= 0.6 is 0 Å². The van der Waals surface area contributed by atoms with Crippen molar-refractivity contribution in [3.8, 4) is 22.5 Å². The van der Waals surface area contributed by atoms with Crippen molar-refractivity contribution in [2.75, 3.05) is 0 Å². The summed E-state index contributed by atoms with van der Waals surface area (Å²) in [5.41, 5.74) is 4.82. The van der Waals surface area contributed by atoms with Crippen LogP contribution in [0.25, 0.3) is 22.5 Å². The van der Waals surface area contributed by atoms with Crippen LogP contribution in [-0.2, 0) is 13.0 Å². The van der Waals surface area contributed by atoms with Gasteiger partial charge < -0.3 is 9.67 Å². The topological polar surface area (TPSA) is 92.5 Å². The zero-order chi connectivity index (χ0) is 23.4. The average molecular weight is 445 g/mol. The lowest BCUT2D eigenvalue weighted by atomic mass is 9.87. The van der Waals surface area contributed by atoms with E-state index in [4.69, 9.17) is 4.98 Å². The minimum Gasteiger partial charge on any atom is -0.386 e. The molecule has 0 aliphatic heterocycles. The summed E-state index contributed by atoms with van der Waals surface area (Å²) in [5.74, 6) is 1.68. The number of hydrogen-bond donors (Lipinski definition) is 2. The van der Waals surface area contributed by atoms with Gasteiger partial charge in [0, 0.05) is 24.7 Å². The van der Waals surface area contributed by atoms with Crippen molar-refractivity contribution in [3.05, 3.63) is 71.8 Å². The van der Waals surface area contributed by atoms with Crippen LogP contribution in [0.15, 0.2) is 54.7 Å². The van der Waals surface area contributed by atoms with Crippen LogP contribution in [0.5, 0.6) is 0 Å². The third kappa shape index (κ3) is 5.20. The van der Waals surface area contributed by atoms with Crippen LogP contribution < -0.4 is 0 Å². The summed E-state index contributed by atoms with van der Waals surface area (Å²) in [7, 11) is 0. The molecular formula is C26H32N6O. The largest absolute Gasteiger partial charge is 0.386 e. The van der Waals surface area contributed by atoms with Gasteiger partial charge in [0.1, 0.15) is 11.9 Å². The second-order valence-corrected chi connectivity index (χ2v) is 9.57. The standard InChI is InChI=1S/C26H32N6O/c1-5-6-11-23-27-22(24(33)26(2,3)4)17-32(23)16-18-12-14-19(15-13-18)20-9-7-8-10-21(20)25-28-30-31-29-25/h7-10,12-15,17,24,33H,5-6,11,16H2,1-4H3,(H,28,29,30,31). The number of tetrazole rings is 1. The lowest BCUT2D eigenvalue weighted by molar-refractivity contribution is 0.0591. The van der Waals surface area contributed by atoms with E-state index in [1.54, 1.807) is 0 Å². The van der Waals surface area contributed by atoms with Crippen LogP contribution in [0.2, 0.25) is 0 Å². The highest BCUT2D eigenvalue weighted by atomic mass is 16.3. The number of aromatic nitrogens is 6. The van der Waals surface area contributed by atoms with Crippen molar-refractivity contribution in [2.45, 2.75) is 59.6 Å². The van der Waals surface area contributed by atoms with E-state index >= 15 is 0 Å². The second-order valence-electron chi connectivity index (χ2n) is 9.57. The Morgan fingerprint density at radius 3 is 2.39 bits per heavy atom. The predicted molar refractivity (Wildman–Crippen MR) is 129 cm³/mol. The Morgan fingerprint density at radius 1 is 1.03 bits per heavy atom. The zero-order valence-electron chi connectivity index (χ0n) is 19.8. The number of benzene rings is 2. The lowest BCUT2D eigenvalue weighted by Gasteiger charge is -2.23. The molecule has 33 heavy (non-hydrogen) atoms. The maximum atomic E-state index is 10.8. The number of aromatic amines is 1. The molecule has 0 amide bonds. The molecule has 0 aliphatic carbocycles. The highest BCUT2D eigenvalue weighted by Crippen LogP contribution is 2.33. The number of nitrogens with one attached hydrogen (secondary N) is 1. The average Bonchev–Trinajstić information content (AvgIpc) is 3.47. The molecule has 0 fully saturated rings. The van der Waals surface area contributed by atoms with E-state index in [-0.39, 0.29) is 5.41 Å². The molecule has 1 unspecified atom stereocenters. The summed E-state index contributed by atoms with van der Waals surface area (Å²) in [6, 6.07) is 16.6. The smallest absolute Gasteiger partial charge is 0.180 e. The zero-order valence-corrected chi connectivity index (χ0v) is 19.8. The van der Waals surface area contributed by atoms with Crippen molar-refractivity contribution in [1.29, 1.82) is 0 Å². The number of hydrogen-bond acceptors (Lipinski definition) is 5. The Hall–Kier alpha value is -3.32. The van der Waals surface area contributed by atoms with E-state index in [9.17, 15) is 5.11 Å². The number of unbranched alkanes of at least 4 members (excludes halogenated alkanes) is 1. The number of rotatable bonds is 8. The Bertz CT molecular complexity index is 1170. The molecule has 2 aromatic carbocycles. The molecule has 0 saturated carbocycles. The Labute approximate surface area is 194 Å². The van der Waals surface area contributed by atoms with Gasteiger partial charge in [0.25, 0.3) is 0 Å². The van der Waals surface area contributed by atoms with Gasteiger partial charge >= 0.3 is 0 Å². The van der Waals surface area contributed by atoms with Crippen molar-refractivity contribution in [1.82, 2.24) is 30.2 Å². The van der Waals surface area contributed by atoms with Crippen LogP contribution in [0.3, 0.4) is 0 Å². The highest BCUT2D eigenvalue weighted by Gasteiger charge is 2.27. The summed E-state index contributed by atoms with van der Waals surface area (Å²) >= 11 is 0. The molecule has 4 aromatic rings. The minimum atomic E-state index is -0.594. The van der Waals surface area contributed by atoms with Crippen molar-refractivity contribution >= 4 is 0 Å². The quantitative estimate of drug-likeness (QED) is 0.390. The highest BCUT2D eigenvalue weighted by molar-refractivity contribution is 5.80. The predicted octanol–water partition coefficient (Wildman–Crippen LogP) is 5.20. The van der Waals surface area contributed by atoms with Crippen molar-refractivity contribution < 1.29 is 5.11 Å². The summed E-state index contributed by atoms with van der Waals surface area (Å²) in [4.78, 5) is 4.81. The summed E-state index contributed by atoms with van der Waals surface area (Å²) in [6.45, 7) is 9.01. The maximum Gasteiger partial charge on any atom is 0.180 e. The van der Waals surface area contributed by atoms with E-state index in [1.807, 2.05) is 45.2 Å². The second kappa shape index (κ2) is 9.67. The molecule has 2 N–H and O–H groups in total. The fourth-order valence-corrected chi connectivity index (χ4v) is 3.92. The van der Waals surface area contributed by atoms with Gasteiger partial charge in [-0.3, -0.25) is 0 Å². The van der Waals surface area contributed by atoms with Gasteiger partial charge in [-0.05, 0) is 39.0 Å². The Kier molecular flexibility index (Phi) is 6.70. The monoisotopic (exact) mass is 444 g/mol. The Balaban J connectivity index is 1.59. The number of H-pyrrole nitrogens is 1. The fourth-order valence-electron chi connectivity index (χ4n) is 3.92. The molecule has 7 nitrogen and oxygen atoms in total. The van der Waals surface area contributed by atoms with Crippen LogP contribution in [0.4, 0.5) is 0 Å². The number of aliphatic hydroxyl groups excluding tert-OH is 1. The normalized spacial score (nSPS) is 12.8. The minimum absolute atomic E-state index is 0.255. The van der Waals surface area contributed by atoms with Crippen LogP contribution in [0.1, 0.15) is 63.7 Å². The van der Waals surface area contributed by atoms with Gasteiger partial charge in [-0.1, -0.05) is 82.6 Å². The third-order valence-electron chi connectivity index (χ3n) is 5.88. The number of aryl methyl sites for hydroxylation is 1. The molecular weight excluding hydrogens is 412 g/mol. The van der Waals surface area contributed by atoms with Gasteiger partial charge in [0.05, 0.1) is 5.69 Å². The molecule has 172 valence electrons. The molecule has 2 heterocycles. The molecule has 1 atom stereocenters. The van der Waals surface area contributed by atoms with E-state index < -0.39 is 6.10 Å². The van der Waals surface area contributed by atoms with Gasteiger partial charge in [0.15, 0.2) is 5.82 Å². The van der Waals surface area contributed by atoms with E-state index in [0.29, 0.717) is 5.82 Å². The van der Waals surface area contributed by atoms with Crippen molar-refractivity contribution in [3.63, 3.8) is 0 Å². The third-order valence-corrected chi connectivity index (χ3v) is 5.88. The first kappa shape index (κ1) is 22.9. The van der Waals surface area contributed by atoms with E-state index in [2.05, 4.69) is 62.4 Å². The van der Waals surface area contributed by atoms with Crippen molar-refractivity contribution in [2.24, 2.45) is 5.41 Å². The van der Waals surface area contributed by atoms with Crippen LogP contribution in [0, 0.1) is 5.41 Å². The summed E-state index contributed by atoms with van der Waals surface area (Å²) < 4.78 is 2.18. The molecule has 0 aliphatic rings. The van der Waals surface area contributed by atoms with E-state index in [1.165, 1.54) is 5.56 Å². The molecule has 0 saturated heterocycles. The maximum absolute atomic E-state index is 10.8.